The zero-order chi connectivity index (χ0) is 11.4. The predicted octanol–water partition coefficient (Wildman–Crippen LogP) is 3.55. The summed E-state index contributed by atoms with van der Waals surface area (Å²) in [4.78, 5) is 0. The van der Waals surface area contributed by atoms with Gasteiger partial charge in [-0.2, -0.15) is 0 Å². The molecule has 0 saturated carbocycles. The Bertz CT molecular complexity index is 325. The summed E-state index contributed by atoms with van der Waals surface area (Å²) in [7, 11) is -0.270. The second-order valence-electron chi connectivity index (χ2n) is 4.75. The maximum absolute atomic E-state index is 9.24. The van der Waals surface area contributed by atoms with Gasteiger partial charge in [-0.05, 0) is 60.0 Å². The van der Waals surface area contributed by atoms with Crippen molar-refractivity contribution in [3.63, 3.8) is 0 Å². The molecular formula is C14H22OS. The molecule has 16 heavy (non-hydrogen) atoms. The summed E-state index contributed by atoms with van der Waals surface area (Å²) in [6.07, 6.45) is 4.11. The van der Waals surface area contributed by atoms with Gasteiger partial charge in [-0.1, -0.05) is 19.1 Å². The highest BCUT2D eigenvalue weighted by Gasteiger charge is 2.25. The molecule has 1 nitrogen and oxygen atoms in total. The smallest absolute Gasteiger partial charge is 0.115 e. The molecule has 2 heteroatoms. The van der Waals surface area contributed by atoms with E-state index in [9.17, 15) is 5.11 Å². The van der Waals surface area contributed by atoms with Gasteiger partial charge in [-0.25, -0.2) is 10.0 Å². The van der Waals surface area contributed by atoms with Gasteiger partial charge in [0, 0.05) is 0 Å². The fraction of sp³-hybridized carbons (Fsp3) is 0.571. The van der Waals surface area contributed by atoms with Gasteiger partial charge in [-0.15, -0.1) is 0 Å². The van der Waals surface area contributed by atoms with Crippen LogP contribution in [0.3, 0.4) is 0 Å². The van der Waals surface area contributed by atoms with Crippen molar-refractivity contribution in [2.24, 2.45) is 0 Å². The van der Waals surface area contributed by atoms with Gasteiger partial charge in [0.2, 0.25) is 0 Å². The van der Waals surface area contributed by atoms with E-state index in [0.29, 0.717) is 5.75 Å². The summed E-state index contributed by atoms with van der Waals surface area (Å²) in [6.45, 7) is 2.37. The maximum atomic E-state index is 9.24. The SMILES string of the molecule is CCS1(CCc2ccc(O)cc2)CCCC1. The number of phenols is 1. The third kappa shape index (κ3) is 2.73. The van der Waals surface area contributed by atoms with Crippen LogP contribution in [0.25, 0.3) is 0 Å². The lowest BCUT2D eigenvalue weighted by atomic mass is 10.2. The molecule has 0 aromatic heterocycles. The van der Waals surface area contributed by atoms with Crippen molar-refractivity contribution in [2.75, 3.05) is 23.0 Å². The molecule has 0 atom stereocenters. The molecule has 0 radical (unpaired) electrons. The fourth-order valence-electron chi connectivity index (χ4n) is 2.55. The van der Waals surface area contributed by atoms with E-state index in [1.165, 1.54) is 47.8 Å². The first-order valence-corrected chi connectivity index (χ1v) is 8.57. The van der Waals surface area contributed by atoms with Gasteiger partial charge in [0.15, 0.2) is 0 Å². The Balaban J connectivity index is 1.93. The van der Waals surface area contributed by atoms with E-state index in [-0.39, 0.29) is 10.0 Å². The van der Waals surface area contributed by atoms with Gasteiger partial charge >= 0.3 is 0 Å². The monoisotopic (exact) mass is 238 g/mol. The van der Waals surface area contributed by atoms with Crippen molar-refractivity contribution in [1.29, 1.82) is 0 Å². The van der Waals surface area contributed by atoms with E-state index < -0.39 is 0 Å². The lowest BCUT2D eigenvalue weighted by Gasteiger charge is -2.34. The van der Waals surface area contributed by atoms with E-state index in [2.05, 4.69) is 19.1 Å². The molecule has 90 valence electrons. The Morgan fingerprint density at radius 3 is 2.31 bits per heavy atom. The van der Waals surface area contributed by atoms with Crippen LogP contribution < -0.4 is 0 Å². The summed E-state index contributed by atoms with van der Waals surface area (Å²) in [6, 6.07) is 7.73. The van der Waals surface area contributed by atoms with Crippen LogP contribution in [0.4, 0.5) is 0 Å². The molecule has 1 fully saturated rings. The molecule has 1 N–H and O–H groups in total. The highest BCUT2D eigenvalue weighted by atomic mass is 32.3. The van der Waals surface area contributed by atoms with Crippen molar-refractivity contribution < 1.29 is 5.11 Å². The Morgan fingerprint density at radius 1 is 1.12 bits per heavy atom. The highest BCUT2D eigenvalue weighted by molar-refractivity contribution is 8.33. The van der Waals surface area contributed by atoms with Gasteiger partial charge in [0.25, 0.3) is 0 Å². The van der Waals surface area contributed by atoms with Crippen LogP contribution in [0.15, 0.2) is 24.3 Å². The van der Waals surface area contributed by atoms with Crippen LogP contribution in [-0.2, 0) is 6.42 Å². The molecule has 0 unspecified atom stereocenters. The summed E-state index contributed by atoms with van der Waals surface area (Å²) in [5, 5.41) is 9.24. The van der Waals surface area contributed by atoms with E-state index in [1.807, 2.05) is 0 Å². The average Bonchev–Trinajstić information content (AvgIpc) is 2.78. The Labute approximate surface area is 100 Å². The third-order valence-corrected chi connectivity index (χ3v) is 8.38. The maximum Gasteiger partial charge on any atom is 0.115 e. The number of benzene rings is 1. The molecule has 1 heterocycles. The van der Waals surface area contributed by atoms with Gasteiger partial charge in [0.05, 0.1) is 0 Å². The van der Waals surface area contributed by atoms with Gasteiger partial charge in [0.1, 0.15) is 5.75 Å². The first kappa shape index (κ1) is 11.8. The predicted molar refractivity (Wildman–Crippen MR) is 73.8 cm³/mol. The van der Waals surface area contributed by atoms with E-state index >= 15 is 0 Å². The van der Waals surface area contributed by atoms with Crippen LogP contribution in [0, 0.1) is 0 Å². The minimum atomic E-state index is -0.270. The first-order valence-electron chi connectivity index (χ1n) is 6.26. The summed E-state index contributed by atoms with van der Waals surface area (Å²) >= 11 is 0. The van der Waals surface area contributed by atoms with Gasteiger partial charge in [-0.3, -0.25) is 0 Å². The molecule has 0 bridgehead atoms. The number of phenolic OH excluding ortho intramolecular Hbond substituents is 1. The Kier molecular flexibility index (Phi) is 3.80. The summed E-state index contributed by atoms with van der Waals surface area (Å²) in [5.41, 5.74) is 1.38. The standard InChI is InChI=1S/C14H22OS/c1-2-16(10-3-4-11-16)12-9-13-5-7-14(15)8-6-13/h5-8,15H,2-4,9-12H2,1H3. The molecule has 0 aliphatic carbocycles. The van der Waals surface area contributed by atoms with Crippen molar-refractivity contribution in [3.8, 4) is 5.75 Å². The van der Waals surface area contributed by atoms with Crippen LogP contribution in [-0.4, -0.2) is 28.1 Å². The number of rotatable bonds is 4. The summed E-state index contributed by atoms with van der Waals surface area (Å²) in [5.74, 6) is 6.19. The van der Waals surface area contributed by atoms with Gasteiger partial charge < -0.3 is 5.11 Å². The minimum absolute atomic E-state index is 0.270. The number of aryl methyl sites for hydroxylation is 1. The lowest BCUT2D eigenvalue weighted by molar-refractivity contribution is 0.475. The van der Waals surface area contributed by atoms with Crippen LogP contribution in [0.5, 0.6) is 5.75 Å². The normalized spacial score (nSPS) is 20.8. The quantitative estimate of drug-likeness (QED) is 0.850. The number of hydrogen-bond acceptors (Lipinski definition) is 1. The Hall–Kier alpha value is -0.630. The largest absolute Gasteiger partial charge is 0.508 e. The van der Waals surface area contributed by atoms with Crippen molar-refractivity contribution >= 4 is 10.0 Å². The Morgan fingerprint density at radius 2 is 1.75 bits per heavy atom. The van der Waals surface area contributed by atoms with Crippen LogP contribution >= 0.6 is 10.0 Å². The zero-order valence-electron chi connectivity index (χ0n) is 10.1. The number of aromatic hydroxyl groups is 1. The molecule has 1 aromatic carbocycles. The average molecular weight is 238 g/mol. The lowest BCUT2D eigenvalue weighted by Crippen LogP contribution is -2.11. The summed E-state index contributed by atoms with van der Waals surface area (Å²) < 4.78 is 0. The van der Waals surface area contributed by atoms with E-state index in [0.717, 1.165) is 0 Å². The molecule has 0 amide bonds. The van der Waals surface area contributed by atoms with Crippen molar-refractivity contribution in [3.05, 3.63) is 29.8 Å². The molecular weight excluding hydrogens is 216 g/mol. The molecule has 0 spiro atoms. The third-order valence-electron chi connectivity index (χ3n) is 3.78. The second kappa shape index (κ2) is 5.13. The fourth-order valence-corrected chi connectivity index (χ4v) is 6.33. The topological polar surface area (TPSA) is 20.2 Å². The zero-order valence-corrected chi connectivity index (χ0v) is 10.9. The van der Waals surface area contributed by atoms with Crippen LogP contribution in [0.1, 0.15) is 25.3 Å². The minimum Gasteiger partial charge on any atom is -0.508 e. The highest BCUT2D eigenvalue weighted by Crippen LogP contribution is 2.53. The molecule has 1 aliphatic heterocycles. The van der Waals surface area contributed by atoms with Crippen molar-refractivity contribution in [1.82, 2.24) is 0 Å². The van der Waals surface area contributed by atoms with Crippen LogP contribution in [0.2, 0.25) is 0 Å². The molecule has 2 rings (SSSR count). The van der Waals surface area contributed by atoms with E-state index in [4.69, 9.17) is 0 Å². The van der Waals surface area contributed by atoms with Crippen molar-refractivity contribution in [2.45, 2.75) is 26.2 Å². The molecule has 1 saturated heterocycles. The number of hydrogen-bond donors (Lipinski definition) is 1. The van der Waals surface area contributed by atoms with E-state index in [1.54, 1.807) is 12.1 Å². The first-order chi connectivity index (χ1) is 7.74. The molecule has 1 aliphatic rings. The molecule has 1 aromatic rings. The second-order valence-corrected chi connectivity index (χ2v) is 9.00.